The van der Waals surface area contributed by atoms with Gasteiger partial charge in [-0.3, -0.25) is 0 Å². The molecule has 0 N–H and O–H groups in total. The van der Waals surface area contributed by atoms with Gasteiger partial charge in [0.1, 0.15) is 11.4 Å². The maximum atomic E-state index is 4.00. The second-order valence-corrected chi connectivity index (χ2v) is 3.72. The molecule has 1 rings (SSSR count). The van der Waals surface area contributed by atoms with Gasteiger partial charge >= 0.3 is 0 Å². The molecule has 0 aliphatic carbocycles. The zero-order valence-electron chi connectivity index (χ0n) is 4.94. The molecule has 0 bridgehead atoms. The highest BCUT2D eigenvalue weighted by molar-refractivity contribution is 8.76. The molecule has 0 saturated heterocycles. The third kappa shape index (κ3) is 2.24. The van der Waals surface area contributed by atoms with E-state index >= 15 is 0 Å². The Morgan fingerprint density at radius 3 is 3.00 bits per heavy atom. The average Bonchev–Trinajstić information content (AvgIpc) is 1.91. The molecule has 0 aliphatic rings. The highest BCUT2D eigenvalue weighted by Gasteiger charge is 1.88. The summed E-state index contributed by atoms with van der Waals surface area (Å²) in [7, 11) is 3.32. The SMILES string of the molecule is CSSc1ccncn1. The molecule has 0 aliphatic heterocycles. The number of rotatable bonds is 2. The minimum Gasteiger partial charge on any atom is -0.245 e. The van der Waals surface area contributed by atoms with E-state index in [0.717, 1.165) is 5.03 Å². The first-order valence-electron chi connectivity index (χ1n) is 2.40. The van der Waals surface area contributed by atoms with Crippen molar-refractivity contribution in [2.24, 2.45) is 0 Å². The van der Waals surface area contributed by atoms with Crippen molar-refractivity contribution in [3.05, 3.63) is 18.6 Å². The number of aromatic nitrogens is 2. The highest BCUT2D eigenvalue weighted by atomic mass is 33.1. The van der Waals surface area contributed by atoms with Gasteiger partial charge in [0, 0.05) is 6.20 Å². The third-order valence-corrected chi connectivity index (χ3v) is 2.31. The third-order valence-electron chi connectivity index (χ3n) is 0.724. The Morgan fingerprint density at radius 1 is 1.56 bits per heavy atom. The molecule has 48 valence electrons. The van der Waals surface area contributed by atoms with Gasteiger partial charge in [-0.15, -0.1) is 0 Å². The molecule has 2 nitrogen and oxygen atoms in total. The lowest BCUT2D eigenvalue weighted by Crippen LogP contribution is -1.76. The van der Waals surface area contributed by atoms with Crippen LogP contribution in [0.1, 0.15) is 0 Å². The summed E-state index contributed by atoms with van der Waals surface area (Å²) in [5.74, 6) is 0. The minimum atomic E-state index is 1.01. The summed E-state index contributed by atoms with van der Waals surface area (Å²) in [5, 5.41) is 1.01. The fourth-order valence-electron chi connectivity index (χ4n) is 0.413. The van der Waals surface area contributed by atoms with E-state index < -0.39 is 0 Å². The molecule has 0 spiro atoms. The van der Waals surface area contributed by atoms with Gasteiger partial charge < -0.3 is 0 Å². The second-order valence-electron chi connectivity index (χ2n) is 1.30. The van der Waals surface area contributed by atoms with E-state index in [-0.39, 0.29) is 0 Å². The molecule has 1 aromatic heterocycles. The lowest BCUT2D eigenvalue weighted by molar-refractivity contribution is 1.05. The van der Waals surface area contributed by atoms with E-state index in [4.69, 9.17) is 0 Å². The van der Waals surface area contributed by atoms with Gasteiger partial charge in [-0.1, -0.05) is 10.8 Å². The molecular weight excluding hydrogens is 152 g/mol. The summed E-state index contributed by atoms with van der Waals surface area (Å²) in [4.78, 5) is 7.79. The van der Waals surface area contributed by atoms with Crippen LogP contribution in [-0.2, 0) is 0 Å². The van der Waals surface area contributed by atoms with Crippen LogP contribution >= 0.6 is 21.6 Å². The summed E-state index contributed by atoms with van der Waals surface area (Å²) in [6.45, 7) is 0. The topological polar surface area (TPSA) is 25.8 Å². The van der Waals surface area contributed by atoms with Crippen LogP contribution < -0.4 is 0 Å². The Bertz CT molecular complexity index is 166. The average molecular weight is 158 g/mol. The van der Waals surface area contributed by atoms with Gasteiger partial charge in [0.2, 0.25) is 0 Å². The summed E-state index contributed by atoms with van der Waals surface area (Å²) in [6, 6.07) is 1.89. The van der Waals surface area contributed by atoms with Crippen LogP contribution in [0.2, 0.25) is 0 Å². The van der Waals surface area contributed by atoms with Crippen LogP contribution in [0.25, 0.3) is 0 Å². The largest absolute Gasteiger partial charge is 0.245 e. The molecule has 0 fully saturated rings. The first-order chi connectivity index (χ1) is 4.43. The molecule has 4 heteroatoms. The molecular formula is C5H6N2S2. The van der Waals surface area contributed by atoms with Crippen molar-refractivity contribution >= 4 is 21.6 Å². The first-order valence-corrected chi connectivity index (χ1v) is 4.96. The molecule has 0 atom stereocenters. The summed E-state index contributed by atoms with van der Waals surface area (Å²) < 4.78 is 0. The fraction of sp³-hybridized carbons (Fsp3) is 0.200. The van der Waals surface area contributed by atoms with Crippen LogP contribution in [0.3, 0.4) is 0 Å². The van der Waals surface area contributed by atoms with Gasteiger partial charge in [-0.05, 0) is 23.1 Å². The van der Waals surface area contributed by atoms with Crippen molar-refractivity contribution in [3.8, 4) is 0 Å². The van der Waals surface area contributed by atoms with E-state index in [1.165, 1.54) is 0 Å². The standard InChI is InChI=1S/C5H6N2S2/c1-8-9-5-2-3-6-4-7-5/h2-4H,1H3. The van der Waals surface area contributed by atoms with Gasteiger partial charge in [0.15, 0.2) is 0 Å². The molecule has 1 heterocycles. The number of hydrogen-bond donors (Lipinski definition) is 0. The lowest BCUT2D eigenvalue weighted by atomic mass is 10.7. The quantitative estimate of drug-likeness (QED) is 0.484. The predicted octanol–water partition coefficient (Wildman–Crippen LogP) is 1.85. The van der Waals surface area contributed by atoms with Crippen molar-refractivity contribution in [2.75, 3.05) is 6.26 Å². The molecule has 0 amide bonds. The molecule has 1 aromatic rings. The zero-order valence-corrected chi connectivity index (χ0v) is 6.58. The van der Waals surface area contributed by atoms with Crippen LogP contribution in [0, 0.1) is 0 Å². The molecule has 0 aromatic carbocycles. The lowest BCUT2D eigenvalue weighted by Gasteiger charge is -1.90. The van der Waals surface area contributed by atoms with E-state index in [9.17, 15) is 0 Å². The Morgan fingerprint density at radius 2 is 2.44 bits per heavy atom. The summed E-state index contributed by atoms with van der Waals surface area (Å²) in [6.07, 6.45) is 5.32. The fourth-order valence-corrected chi connectivity index (χ4v) is 1.60. The second kappa shape index (κ2) is 3.74. The summed E-state index contributed by atoms with van der Waals surface area (Å²) in [5.41, 5.74) is 0. The van der Waals surface area contributed by atoms with Crippen LogP contribution in [0.4, 0.5) is 0 Å². The van der Waals surface area contributed by atoms with Crippen molar-refractivity contribution < 1.29 is 0 Å². The Hall–Kier alpha value is -0.220. The predicted molar refractivity (Wildman–Crippen MR) is 41.4 cm³/mol. The van der Waals surface area contributed by atoms with Crippen LogP contribution in [-0.4, -0.2) is 16.2 Å². The van der Waals surface area contributed by atoms with E-state index in [1.54, 1.807) is 34.1 Å². The maximum absolute atomic E-state index is 4.00. The van der Waals surface area contributed by atoms with Crippen molar-refractivity contribution in [1.82, 2.24) is 9.97 Å². The van der Waals surface area contributed by atoms with Gasteiger partial charge in [-0.2, -0.15) is 0 Å². The van der Waals surface area contributed by atoms with Crippen molar-refractivity contribution in [1.29, 1.82) is 0 Å². The zero-order chi connectivity index (χ0) is 6.53. The van der Waals surface area contributed by atoms with E-state index in [0.29, 0.717) is 0 Å². The first kappa shape index (κ1) is 6.89. The monoisotopic (exact) mass is 158 g/mol. The minimum absolute atomic E-state index is 1.01. The molecule has 9 heavy (non-hydrogen) atoms. The van der Waals surface area contributed by atoms with Gasteiger partial charge in [0.05, 0.1) is 0 Å². The van der Waals surface area contributed by atoms with Gasteiger partial charge in [-0.25, -0.2) is 9.97 Å². The van der Waals surface area contributed by atoms with Crippen molar-refractivity contribution in [2.45, 2.75) is 5.03 Å². The summed E-state index contributed by atoms with van der Waals surface area (Å²) >= 11 is 0. The Kier molecular flexibility index (Phi) is 2.86. The van der Waals surface area contributed by atoms with Crippen molar-refractivity contribution in [3.63, 3.8) is 0 Å². The molecule has 0 radical (unpaired) electrons. The maximum Gasteiger partial charge on any atom is 0.116 e. The smallest absolute Gasteiger partial charge is 0.116 e. The molecule has 0 unspecified atom stereocenters. The normalized spacial score (nSPS) is 9.44. The van der Waals surface area contributed by atoms with Gasteiger partial charge in [0.25, 0.3) is 0 Å². The molecule has 0 saturated carbocycles. The number of hydrogen-bond acceptors (Lipinski definition) is 4. The van der Waals surface area contributed by atoms with Crippen LogP contribution in [0.5, 0.6) is 0 Å². The Balaban J connectivity index is 2.61. The van der Waals surface area contributed by atoms with Crippen LogP contribution in [0.15, 0.2) is 23.6 Å². The Labute approximate surface area is 61.9 Å². The highest BCUT2D eigenvalue weighted by Crippen LogP contribution is 2.24. The van der Waals surface area contributed by atoms with E-state index in [2.05, 4.69) is 9.97 Å². The number of nitrogens with zero attached hydrogens (tertiary/aromatic N) is 2. The van der Waals surface area contributed by atoms with E-state index in [1.807, 2.05) is 12.3 Å².